The molecule has 28 heavy (non-hydrogen) atoms. The molecule has 0 N–H and O–H groups in total. The molecule has 1 aliphatic rings. The minimum Gasteiger partial charge on any atom is -0.497 e. The number of ether oxygens (including phenoxy) is 1. The van der Waals surface area contributed by atoms with Crippen molar-refractivity contribution < 1.29 is 9.15 Å². The number of hydrogen-bond donors (Lipinski definition) is 0. The lowest BCUT2D eigenvalue weighted by molar-refractivity contribution is 0.174. The van der Waals surface area contributed by atoms with Gasteiger partial charge in [-0.1, -0.05) is 30.3 Å². The van der Waals surface area contributed by atoms with Crippen molar-refractivity contribution in [3.8, 4) is 11.8 Å². The number of fused-ring (bicyclic) bond motifs is 1. The average molecular weight is 375 g/mol. The van der Waals surface area contributed by atoms with Crippen LogP contribution in [0, 0.1) is 17.2 Å². The molecule has 0 saturated carbocycles. The van der Waals surface area contributed by atoms with Crippen LogP contribution in [0.15, 0.2) is 52.9 Å². The third-order valence-electron chi connectivity index (χ3n) is 5.68. The van der Waals surface area contributed by atoms with E-state index in [0.29, 0.717) is 11.5 Å². The van der Waals surface area contributed by atoms with Gasteiger partial charge in [0.15, 0.2) is 5.58 Å². The van der Waals surface area contributed by atoms with Crippen LogP contribution >= 0.6 is 0 Å². The number of hydrogen-bond acceptors (Lipinski definition) is 5. The van der Waals surface area contributed by atoms with Crippen LogP contribution in [0.1, 0.15) is 30.2 Å². The highest BCUT2D eigenvalue weighted by Crippen LogP contribution is 2.34. The van der Waals surface area contributed by atoms with Crippen LogP contribution in [-0.2, 0) is 6.42 Å². The van der Waals surface area contributed by atoms with Crippen molar-refractivity contribution in [3.05, 3.63) is 60.0 Å². The Kier molecular flexibility index (Phi) is 5.59. The van der Waals surface area contributed by atoms with Crippen molar-refractivity contribution in [2.24, 2.45) is 5.92 Å². The number of rotatable bonds is 6. The van der Waals surface area contributed by atoms with Crippen LogP contribution in [0.25, 0.3) is 11.1 Å². The van der Waals surface area contributed by atoms with E-state index in [1.54, 1.807) is 7.11 Å². The molecule has 3 aromatic rings. The van der Waals surface area contributed by atoms with Gasteiger partial charge >= 0.3 is 0 Å². The fourth-order valence-electron chi connectivity index (χ4n) is 3.99. The van der Waals surface area contributed by atoms with Gasteiger partial charge < -0.3 is 14.1 Å². The Morgan fingerprint density at radius 1 is 1.21 bits per heavy atom. The maximum Gasteiger partial charge on any atom is 0.213 e. The van der Waals surface area contributed by atoms with Crippen molar-refractivity contribution in [2.75, 3.05) is 26.7 Å². The number of nitrogens with zero attached hydrogens (tertiary/aromatic N) is 3. The van der Waals surface area contributed by atoms with Crippen molar-refractivity contribution in [3.63, 3.8) is 0 Å². The second-order valence-electron chi connectivity index (χ2n) is 7.41. The first-order chi connectivity index (χ1) is 13.8. The molecule has 0 amide bonds. The third kappa shape index (κ3) is 4.02. The fraction of sp³-hybridized carbons (Fsp3) is 0.391. The molecule has 1 atom stereocenters. The standard InChI is InChI=1S/C23H25N3O2/c1-27-19-7-8-22-21(15-19)25-23(28-22)20(16-24)18-10-13-26(14-11-18)12-9-17-5-3-2-4-6-17/h2-8,15,18,20H,9-14H2,1H3. The minimum absolute atomic E-state index is 0.285. The Bertz CT molecular complexity index is 953. The molecule has 5 nitrogen and oxygen atoms in total. The van der Waals surface area contributed by atoms with Gasteiger partial charge in [-0.3, -0.25) is 0 Å². The first-order valence-corrected chi connectivity index (χ1v) is 9.87. The lowest BCUT2D eigenvalue weighted by atomic mass is 9.85. The van der Waals surface area contributed by atoms with Gasteiger partial charge in [-0.25, -0.2) is 4.98 Å². The molecule has 0 aliphatic carbocycles. The first-order valence-electron chi connectivity index (χ1n) is 9.87. The average Bonchev–Trinajstić information content (AvgIpc) is 3.17. The second-order valence-corrected chi connectivity index (χ2v) is 7.41. The van der Waals surface area contributed by atoms with E-state index in [4.69, 9.17) is 9.15 Å². The number of piperidine rings is 1. The molecular weight excluding hydrogens is 350 g/mol. The van der Waals surface area contributed by atoms with Crippen LogP contribution in [0.5, 0.6) is 5.75 Å². The van der Waals surface area contributed by atoms with E-state index < -0.39 is 0 Å². The zero-order chi connectivity index (χ0) is 19.3. The predicted octanol–water partition coefficient (Wildman–Crippen LogP) is 4.40. The SMILES string of the molecule is COc1ccc2oc(C(C#N)C3CCN(CCc4ccccc4)CC3)nc2c1. The molecule has 0 radical (unpaired) electrons. The van der Waals surface area contributed by atoms with Crippen LogP contribution in [0.4, 0.5) is 0 Å². The first kappa shape index (κ1) is 18.5. The Balaban J connectivity index is 1.38. The summed E-state index contributed by atoms with van der Waals surface area (Å²) in [5.74, 6) is 1.27. The third-order valence-corrected chi connectivity index (χ3v) is 5.68. The maximum absolute atomic E-state index is 9.79. The Morgan fingerprint density at radius 3 is 2.71 bits per heavy atom. The van der Waals surface area contributed by atoms with Crippen LogP contribution in [0.3, 0.4) is 0 Å². The van der Waals surface area contributed by atoms with Crippen molar-refractivity contribution >= 4 is 11.1 Å². The Hall–Kier alpha value is -2.84. The number of benzene rings is 2. The van der Waals surface area contributed by atoms with E-state index in [1.165, 1.54) is 5.56 Å². The summed E-state index contributed by atoms with van der Waals surface area (Å²) in [5, 5.41) is 9.79. The number of oxazole rings is 1. The van der Waals surface area contributed by atoms with Crippen molar-refractivity contribution in [1.82, 2.24) is 9.88 Å². The van der Waals surface area contributed by atoms with E-state index in [1.807, 2.05) is 18.2 Å². The summed E-state index contributed by atoms with van der Waals surface area (Å²) in [6, 6.07) is 18.6. The quantitative estimate of drug-likeness (QED) is 0.639. The summed E-state index contributed by atoms with van der Waals surface area (Å²) >= 11 is 0. The highest BCUT2D eigenvalue weighted by molar-refractivity contribution is 5.74. The molecule has 2 aromatic carbocycles. The topological polar surface area (TPSA) is 62.3 Å². The van der Waals surface area contributed by atoms with Gasteiger partial charge in [-0.15, -0.1) is 0 Å². The molecule has 0 bridgehead atoms. The second kappa shape index (κ2) is 8.45. The van der Waals surface area contributed by atoms with Crippen molar-refractivity contribution in [1.29, 1.82) is 5.26 Å². The summed E-state index contributed by atoms with van der Waals surface area (Å²) in [6.07, 6.45) is 3.06. The highest BCUT2D eigenvalue weighted by atomic mass is 16.5. The van der Waals surface area contributed by atoms with E-state index in [9.17, 15) is 5.26 Å². The molecule has 4 rings (SSSR count). The minimum atomic E-state index is -0.297. The van der Waals surface area contributed by atoms with Crippen LogP contribution in [0.2, 0.25) is 0 Å². The monoisotopic (exact) mass is 375 g/mol. The predicted molar refractivity (Wildman–Crippen MR) is 108 cm³/mol. The zero-order valence-electron chi connectivity index (χ0n) is 16.2. The van der Waals surface area contributed by atoms with Gasteiger partial charge in [0.25, 0.3) is 0 Å². The van der Waals surface area contributed by atoms with Gasteiger partial charge in [0.1, 0.15) is 17.2 Å². The molecule has 5 heteroatoms. The molecule has 1 aromatic heterocycles. The van der Waals surface area contributed by atoms with Crippen molar-refractivity contribution in [2.45, 2.75) is 25.2 Å². The number of nitriles is 1. The summed E-state index contributed by atoms with van der Waals surface area (Å²) in [7, 11) is 1.63. The molecule has 0 spiro atoms. The molecule has 144 valence electrons. The summed E-state index contributed by atoms with van der Waals surface area (Å²) in [6.45, 7) is 3.10. The lowest BCUT2D eigenvalue weighted by Gasteiger charge is -2.33. The largest absolute Gasteiger partial charge is 0.497 e. The Morgan fingerprint density at radius 2 is 2.00 bits per heavy atom. The molecule has 2 heterocycles. The lowest BCUT2D eigenvalue weighted by Crippen LogP contribution is -2.36. The molecular formula is C23H25N3O2. The van der Waals surface area contributed by atoms with Gasteiger partial charge in [-0.2, -0.15) is 5.26 Å². The number of likely N-dealkylation sites (tertiary alicyclic amines) is 1. The van der Waals surface area contributed by atoms with E-state index in [2.05, 4.69) is 46.3 Å². The van der Waals surface area contributed by atoms with E-state index in [-0.39, 0.29) is 11.8 Å². The van der Waals surface area contributed by atoms with E-state index >= 15 is 0 Å². The van der Waals surface area contributed by atoms with Crippen LogP contribution in [-0.4, -0.2) is 36.6 Å². The van der Waals surface area contributed by atoms with Gasteiger partial charge in [-0.05, 0) is 56.0 Å². The normalized spacial score (nSPS) is 16.7. The summed E-state index contributed by atoms with van der Waals surface area (Å²) in [4.78, 5) is 7.07. The van der Waals surface area contributed by atoms with Crippen LogP contribution < -0.4 is 4.74 Å². The van der Waals surface area contributed by atoms with Gasteiger partial charge in [0, 0.05) is 12.6 Å². The molecule has 1 aliphatic heterocycles. The van der Waals surface area contributed by atoms with Gasteiger partial charge in [0.05, 0.1) is 13.2 Å². The number of aromatic nitrogens is 1. The maximum atomic E-state index is 9.79. The molecule has 1 saturated heterocycles. The van der Waals surface area contributed by atoms with E-state index in [0.717, 1.165) is 50.2 Å². The number of methoxy groups -OCH3 is 1. The zero-order valence-corrected chi connectivity index (χ0v) is 16.2. The summed E-state index contributed by atoms with van der Waals surface area (Å²) < 4.78 is 11.2. The Labute approximate surface area is 165 Å². The summed E-state index contributed by atoms with van der Waals surface area (Å²) in [5.41, 5.74) is 2.83. The van der Waals surface area contributed by atoms with Gasteiger partial charge in [0.2, 0.25) is 5.89 Å². The molecule has 1 fully saturated rings. The highest BCUT2D eigenvalue weighted by Gasteiger charge is 2.31. The fourth-order valence-corrected chi connectivity index (χ4v) is 3.99. The smallest absolute Gasteiger partial charge is 0.213 e. The molecule has 1 unspecified atom stereocenters.